The summed E-state index contributed by atoms with van der Waals surface area (Å²) in [4.78, 5) is 11.5. The molecule has 1 heterocycles. The van der Waals surface area contributed by atoms with Crippen molar-refractivity contribution in [2.75, 3.05) is 19.8 Å². The quantitative estimate of drug-likeness (QED) is 0.385. The maximum Gasteiger partial charge on any atom is 0.330 e. The fraction of sp³-hybridized carbons (Fsp3) is 0.500. The first kappa shape index (κ1) is 18.0. The molecule has 23 heavy (non-hydrogen) atoms. The minimum atomic E-state index is -0.354. The normalized spacial score (nSPS) is 18.1. The molecule has 0 bridgehead atoms. The summed E-state index contributed by atoms with van der Waals surface area (Å²) >= 11 is 6.15. The van der Waals surface area contributed by atoms with Crippen LogP contribution < -0.4 is 0 Å². The van der Waals surface area contributed by atoms with E-state index in [9.17, 15) is 4.79 Å². The summed E-state index contributed by atoms with van der Waals surface area (Å²) in [5.41, 5.74) is 1.90. The van der Waals surface area contributed by atoms with Crippen molar-refractivity contribution in [1.29, 1.82) is 0 Å². The van der Waals surface area contributed by atoms with Crippen molar-refractivity contribution < 1.29 is 19.0 Å². The molecular formula is C18H23ClO4. The van der Waals surface area contributed by atoms with Crippen LogP contribution in [0.4, 0.5) is 0 Å². The molecule has 1 aliphatic heterocycles. The maximum atomic E-state index is 11.5. The Labute approximate surface area is 142 Å². The molecule has 0 saturated carbocycles. The van der Waals surface area contributed by atoms with Gasteiger partial charge in [-0.1, -0.05) is 31.0 Å². The second-order valence-electron chi connectivity index (χ2n) is 5.42. The highest BCUT2D eigenvalue weighted by molar-refractivity contribution is 6.30. The Morgan fingerprint density at radius 2 is 2.26 bits per heavy atom. The third-order valence-electron chi connectivity index (χ3n) is 3.52. The van der Waals surface area contributed by atoms with Crippen molar-refractivity contribution >= 4 is 23.6 Å². The van der Waals surface area contributed by atoms with Crippen molar-refractivity contribution in [2.24, 2.45) is 0 Å². The second-order valence-corrected chi connectivity index (χ2v) is 5.86. The molecule has 4 nitrogen and oxygen atoms in total. The zero-order valence-electron chi connectivity index (χ0n) is 13.6. The van der Waals surface area contributed by atoms with Crippen molar-refractivity contribution in [3.63, 3.8) is 0 Å². The summed E-state index contributed by atoms with van der Waals surface area (Å²) in [6, 6.07) is 5.61. The summed E-state index contributed by atoms with van der Waals surface area (Å²) in [5, 5.41) is 0.653. The van der Waals surface area contributed by atoms with Gasteiger partial charge in [0.05, 0.1) is 25.9 Å². The summed E-state index contributed by atoms with van der Waals surface area (Å²) in [6.45, 7) is 5.61. The SMILES string of the molecule is CCC[C@@H](OC[C@H]1CO1)c1cc(Cl)ccc1/C=C/C(=O)OCC. The third kappa shape index (κ3) is 5.98. The Kier molecular flexibility index (Phi) is 7.09. The molecule has 2 atom stereocenters. The Morgan fingerprint density at radius 3 is 2.91 bits per heavy atom. The van der Waals surface area contributed by atoms with Gasteiger partial charge in [0.25, 0.3) is 0 Å². The first-order valence-corrected chi connectivity index (χ1v) is 8.39. The van der Waals surface area contributed by atoms with E-state index >= 15 is 0 Å². The minimum Gasteiger partial charge on any atom is -0.463 e. The van der Waals surface area contributed by atoms with Gasteiger partial charge in [0.15, 0.2) is 0 Å². The van der Waals surface area contributed by atoms with Gasteiger partial charge in [-0.15, -0.1) is 0 Å². The van der Waals surface area contributed by atoms with E-state index in [0.29, 0.717) is 18.2 Å². The molecule has 1 fully saturated rings. The van der Waals surface area contributed by atoms with Crippen LogP contribution in [0.15, 0.2) is 24.3 Å². The Balaban J connectivity index is 2.18. The lowest BCUT2D eigenvalue weighted by Gasteiger charge is -2.20. The summed E-state index contributed by atoms with van der Waals surface area (Å²) in [6.07, 6.45) is 5.21. The van der Waals surface area contributed by atoms with Crippen LogP contribution in [0.5, 0.6) is 0 Å². The molecule has 0 N–H and O–H groups in total. The highest BCUT2D eigenvalue weighted by Gasteiger charge is 2.25. The van der Waals surface area contributed by atoms with Crippen molar-refractivity contribution in [1.82, 2.24) is 0 Å². The lowest BCUT2D eigenvalue weighted by Crippen LogP contribution is -2.10. The summed E-state index contributed by atoms with van der Waals surface area (Å²) in [5.74, 6) is -0.354. The van der Waals surface area contributed by atoms with E-state index in [2.05, 4.69) is 6.92 Å². The van der Waals surface area contributed by atoms with Crippen LogP contribution >= 0.6 is 11.6 Å². The molecule has 0 unspecified atom stereocenters. The number of halogens is 1. The topological polar surface area (TPSA) is 48.1 Å². The number of ether oxygens (including phenoxy) is 3. The van der Waals surface area contributed by atoms with Gasteiger partial charge in [0, 0.05) is 11.1 Å². The van der Waals surface area contributed by atoms with Crippen LogP contribution in [0.1, 0.15) is 43.9 Å². The molecule has 126 valence electrons. The number of carbonyl (C=O) groups excluding carboxylic acids is 1. The summed E-state index contributed by atoms with van der Waals surface area (Å²) < 4.78 is 16.1. The van der Waals surface area contributed by atoms with E-state index in [1.54, 1.807) is 13.0 Å². The van der Waals surface area contributed by atoms with Gasteiger partial charge in [-0.3, -0.25) is 0 Å². The van der Waals surface area contributed by atoms with E-state index in [-0.39, 0.29) is 18.2 Å². The van der Waals surface area contributed by atoms with Crippen molar-refractivity contribution in [3.8, 4) is 0 Å². The van der Waals surface area contributed by atoms with Gasteiger partial charge in [-0.25, -0.2) is 4.79 Å². The van der Waals surface area contributed by atoms with Crippen molar-refractivity contribution in [3.05, 3.63) is 40.4 Å². The predicted molar refractivity (Wildman–Crippen MR) is 90.5 cm³/mol. The molecule has 5 heteroatoms. The number of epoxide rings is 1. The number of rotatable bonds is 9. The Morgan fingerprint density at radius 1 is 1.48 bits per heavy atom. The zero-order chi connectivity index (χ0) is 16.7. The largest absolute Gasteiger partial charge is 0.463 e. The number of benzene rings is 1. The lowest BCUT2D eigenvalue weighted by atomic mass is 9.98. The molecule has 0 aromatic heterocycles. The second kappa shape index (κ2) is 9.06. The van der Waals surface area contributed by atoms with Gasteiger partial charge >= 0.3 is 5.97 Å². The average molecular weight is 339 g/mol. The van der Waals surface area contributed by atoms with Gasteiger partial charge < -0.3 is 14.2 Å². The number of hydrogen-bond acceptors (Lipinski definition) is 4. The molecule has 2 rings (SSSR count). The van der Waals surface area contributed by atoms with Crippen LogP contribution in [0.25, 0.3) is 6.08 Å². The van der Waals surface area contributed by atoms with Crippen LogP contribution in [0.2, 0.25) is 5.02 Å². The van der Waals surface area contributed by atoms with Gasteiger partial charge in [-0.05, 0) is 42.7 Å². The third-order valence-corrected chi connectivity index (χ3v) is 3.75. The van der Waals surface area contributed by atoms with E-state index in [1.807, 2.05) is 18.2 Å². The fourth-order valence-electron chi connectivity index (χ4n) is 2.30. The first-order valence-electron chi connectivity index (χ1n) is 8.01. The van der Waals surface area contributed by atoms with Crippen LogP contribution in [0, 0.1) is 0 Å². The Bertz CT molecular complexity index is 552. The van der Waals surface area contributed by atoms with Crippen LogP contribution in [-0.4, -0.2) is 31.9 Å². The first-order chi connectivity index (χ1) is 11.1. The molecular weight excluding hydrogens is 316 g/mol. The standard InChI is InChI=1S/C18H23ClO4/c1-3-5-17(23-12-15-11-22-15)16-10-14(19)8-6-13(16)7-9-18(20)21-4-2/h6-10,15,17H,3-5,11-12H2,1-2H3/b9-7+/t15-,17-/m1/s1. The summed E-state index contributed by atoms with van der Waals surface area (Å²) in [7, 11) is 0. The predicted octanol–water partition coefficient (Wildman–Crippen LogP) is 4.17. The molecule has 1 aromatic rings. The lowest BCUT2D eigenvalue weighted by molar-refractivity contribution is -0.137. The highest BCUT2D eigenvalue weighted by Crippen LogP contribution is 2.30. The van der Waals surface area contributed by atoms with E-state index in [1.165, 1.54) is 6.08 Å². The molecule has 0 spiro atoms. The number of hydrogen-bond donors (Lipinski definition) is 0. The number of esters is 1. The molecule has 0 aliphatic carbocycles. The van der Waals surface area contributed by atoms with Crippen LogP contribution in [-0.2, 0) is 19.0 Å². The maximum absolute atomic E-state index is 11.5. The van der Waals surface area contributed by atoms with E-state index in [0.717, 1.165) is 30.6 Å². The van der Waals surface area contributed by atoms with Crippen LogP contribution in [0.3, 0.4) is 0 Å². The van der Waals surface area contributed by atoms with Crippen molar-refractivity contribution in [2.45, 2.75) is 38.9 Å². The molecule has 1 aromatic carbocycles. The monoisotopic (exact) mass is 338 g/mol. The fourth-order valence-corrected chi connectivity index (χ4v) is 2.48. The molecule has 1 aliphatic rings. The van der Waals surface area contributed by atoms with E-state index < -0.39 is 0 Å². The Hall–Kier alpha value is -1.36. The molecule has 0 radical (unpaired) electrons. The highest BCUT2D eigenvalue weighted by atomic mass is 35.5. The van der Waals surface area contributed by atoms with Gasteiger partial charge in [0.2, 0.25) is 0 Å². The molecule has 0 amide bonds. The van der Waals surface area contributed by atoms with Gasteiger partial charge in [0.1, 0.15) is 6.10 Å². The zero-order valence-corrected chi connectivity index (χ0v) is 14.3. The van der Waals surface area contributed by atoms with Gasteiger partial charge in [-0.2, -0.15) is 0 Å². The smallest absolute Gasteiger partial charge is 0.330 e. The average Bonchev–Trinajstić information content (AvgIpc) is 3.35. The van der Waals surface area contributed by atoms with E-state index in [4.69, 9.17) is 25.8 Å². The number of carbonyl (C=O) groups is 1. The minimum absolute atomic E-state index is 0.0651. The molecule has 1 saturated heterocycles.